The molecule has 0 aliphatic carbocycles. The fourth-order valence-electron chi connectivity index (χ4n) is 2.37. The highest BCUT2D eigenvalue weighted by Gasteiger charge is 2.20. The van der Waals surface area contributed by atoms with Gasteiger partial charge in [-0.2, -0.15) is 0 Å². The van der Waals surface area contributed by atoms with Gasteiger partial charge >= 0.3 is 0 Å². The molecule has 0 aliphatic heterocycles. The van der Waals surface area contributed by atoms with Gasteiger partial charge in [0.1, 0.15) is 11.5 Å². The van der Waals surface area contributed by atoms with Gasteiger partial charge in [0.25, 0.3) is 0 Å². The Kier molecular flexibility index (Phi) is 5.65. The number of methoxy groups -OCH3 is 2. The third-order valence-corrected chi connectivity index (χ3v) is 4.09. The summed E-state index contributed by atoms with van der Waals surface area (Å²) >= 11 is 3.63. The maximum Gasteiger partial charge on any atom is 0.124 e. The van der Waals surface area contributed by atoms with Gasteiger partial charge in [-0.15, -0.1) is 0 Å². The number of halogens is 1. The molecule has 2 rings (SSSR count). The number of nitrogens with one attached hydrogen (secondary N) is 1. The van der Waals surface area contributed by atoms with Crippen LogP contribution in [0.15, 0.2) is 46.9 Å². The first kappa shape index (κ1) is 15.9. The van der Waals surface area contributed by atoms with E-state index in [0.717, 1.165) is 28.1 Å². The molecule has 2 aromatic carbocycles. The quantitative estimate of drug-likeness (QED) is 0.848. The number of hydrogen-bond acceptors (Lipinski definition) is 3. The average Bonchev–Trinajstić information content (AvgIpc) is 2.53. The van der Waals surface area contributed by atoms with Gasteiger partial charge in [0.2, 0.25) is 0 Å². The van der Waals surface area contributed by atoms with Gasteiger partial charge in [0.05, 0.1) is 20.3 Å². The van der Waals surface area contributed by atoms with Crippen LogP contribution in [0.4, 0.5) is 0 Å². The van der Waals surface area contributed by atoms with Crippen molar-refractivity contribution in [2.75, 3.05) is 20.8 Å². The Hall–Kier alpha value is -1.52. The van der Waals surface area contributed by atoms with Crippen LogP contribution in [-0.4, -0.2) is 20.8 Å². The van der Waals surface area contributed by atoms with E-state index >= 15 is 0 Å². The van der Waals surface area contributed by atoms with Gasteiger partial charge in [0.15, 0.2) is 0 Å². The summed E-state index contributed by atoms with van der Waals surface area (Å²) in [5.74, 6) is 1.67. The summed E-state index contributed by atoms with van der Waals surface area (Å²) in [7, 11) is 3.36. The van der Waals surface area contributed by atoms with Crippen LogP contribution >= 0.6 is 15.9 Å². The van der Waals surface area contributed by atoms with Crippen LogP contribution < -0.4 is 14.8 Å². The van der Waals surface area contributed by atoms with E-state index in [4.69, 9.17) is 9.47 Å². The fourth-order valence-corrected chi connectivity index (χ4v) is 2.88. The Morgan fingerprint density at radius 1 is 1.05 bits per heavy atom. The highest BCUT2D eigenvalue weighted by Crippen LogP contribution is 2.35. The molecule has 4 heteroatoms. The minimum absolute atomic E-state index is 0.0376. The van der Waals surface area contributed by atoms with Crippen LogP contribution in [0.5, 0.6) is 11.5 Å². The zero-order valence-electron chi connectivity index (χ0n) is 12.5. The van der Waals surface area contributed by atoms with Gasteiger partial charge in [-0.3, -0.25) is 0 Å². The summed E-state index contributed by atoms with van der Waals surface area (Å²) in [6, 6.07) is 14.1. The molecule has 0 aromatic heterocycles. The summed E-state index contributed by atoms with van der Waals surface area (Å²) in [6.07, 6.45) is 0. The second kappa shape index (κ2) is 7.48. The smallest absolute Gasteiger partial charge is 0.124 e. The number of ether oxygens (including phenoxy) is 2. The van der Waals surface area contributed by atoms with Crippen molar-refractivity contribution in [2.45, 2.75) is 13.0 Å². The monoisotopic (exact) mass is 349 g/mol. The first-order chi connectivity index (χ1) is 10.2. The van der Waals surface area contributed by atoms with Crippen LogP contribution in [0.1, 0.15) is 24.1 Å². The molecule has 112 valence electrons. The van der Waals surface area contributed by atoms with Gasteiger partial charge in [-0.1, -0.05) is 41.1 Å². The van der Waals surface area contributed by atoms with Crippen molar-refractivity contribution in [1.82, 2.24) is 5.32 Å². The van der Waals surface area contributed by atoms with Crippen molar-refractivity contribution in [3.05, 3.63) is 58.1 Å². The van der Waals surface area contributed by atoms with Gasteiger partial charge in [0, 0.05) is 10.0 Å². The Morgan fingerprint density at radius 3 is 2.43 bits per heavy atom. The molecule has 3 nitrogen and oxygen atoms in total. The molecule has 0 spiro atoms. The molecule has 21 heavy (non-hydrogen) atoms. The molecule has 2 aromatic rings. The largest absolute Gasteiger partial charge is 0.497 e. The molecule has 1 atom stereocenters. The summed E-state index contributed by atoms with van der Waals surface area (Å²) in [4.78, 5) is 0. The summed E-state index contributed by atoms with van der Waals surface area (Å²) in [5, 5.41) is 3.52. The lowest BCUT2D eigenvalue weighted by Gasteiger charge is -2.23. The van der Waals surface area contributed by atoms with Crippen molar-refractivity contribution in [3.8, 4) is 11.5 Å². The van der Waals surface area contributed by atoms with Gasteiger partial charge in [-0.25, -0.2) is 0 Å². The predicted octanol–water partition coefficient (Wildman–Crippen LogP) is 4.17. The number of rotatable bonds is 6. The lowest BCUT2D eigenvalue weighted by Crippen LogP contribution is -2.23. The first-order valence-corrected chi connectivity index (χ1v) is 7.70. The molecule has 0 bridgehead atoms. The Bertz CT molecular complexity index is 601. The zero-order valence-corrected chi connectivity index (χ0v) is 14.1. The molecular weight excluding hydrogens is 330 g/mol. The second-order valence-corrected chi connectivity index (χ2v) is 5.47. The molecule has 0 saturated heterocycles. The molecule has 1 unspecified atom stereocenters. The van der Waals surface area contributed by atoms with Crippen LogP contribution in [0.25, 0.3) is 0 Å². The van der Waals surface area contributed by atoms with Crippen molar-refractivity contribution in [1.29, 1.82) is 0 Å². The Balaban J connectivity index is 2.54. The Labute approximate surface area is 134 Å². The van der Waals surface area contributed by atoms with Crippen LogP contribution in [-0.2, 0) is 0 Å². The molecule has 0 radical (unpaired) electrons. The van der Waals surface area contributed by atoms with Crippen LogP contribution in [0, 0.1) is 0 Å². The van der Waals surface area contributed by atoms with E-state index < -0.39 is 0 Å². The zero-order chi connectivity index (χ0) is 15.2. The van der Waals surface area contributed by atoms with Crippen molar-refractivity contribution in [3.63, 3.8) is 0 Å². The van der Waals surface area contributed by atoms with Crippen LogP contribution in [0.2, 0.25) is 0 Å². The van der Waals surface area contributed by atoms with E-state index in [1.54, 1.807) is 14.2 Å². The van der Waals surface area contributed by atoms with E-state index in [1.165, 1.54) is 5.56 Å². The number of hydrogen-bond donors (Lipinski definition) is 1. The average molecular weight is 350 g/mol. The SMILES string of the molecule is CCNC(c1ccccc1Br)c1cc(OC)ccc1OC. The van der Waals surface area contributed by atoms with Crippen LogP contribution in [0.3, 0.4) is 0 Å². The van der Waals surface area contributed by atoms with E-state index in [9.17, 15) is 0 Å². The Morgan fingerprint density at radius 2 is 1.81 bits per heavy atom. The highest BCUT2D eigenvalue weighted by atomic mass is 79.9. The highest BCUT2D eigenvalue weighted by molar-refractivity contribution is 9.10. The van der Waals surface area contributed by atoms with Crippen molar-refractivity contribution >= 4 is 15.9 Å². The minimum atomic E-state index is 0.0376. The topological polar surface area (TPSA) is 30.5 Å². The molecule has 1 N–H and O–H groups in total. The molecule has 0 saturated carbocycles. The standard InChI is InChI=1S/C17H20BrNO2/c1-4-19-17(13-7-5-6-8-15(13)18)14-11-12(20-2)9-10-16(14)21-3/h5-11,17,19H,4H2,1-3H3. The minimum Gasteiger partial charge on any atom is -0.497 e. The second-order valence-electron chi connectivity index (χ2n) is 4.62. The van der Waals surface area contributed by atoms with E-state index in [0.29, 0.717) is 0 Å². The predicted molar refractivity (Wildman–Crippen MR) is 89.2 cm³/mol. The third kappa shape index (κ3) is 3.57. The molecule has 0 aliphatic rings. The van der Waals surface area contributed by atoms with E-state index in [1.807, 2.05) is 36.4 Å². The molecule has 0 fully saturated rings. The third-order valence-electron chi connectivity index (χ3n) is 3.37. The lowest BCUT2D eigenvalue weighted by molar-refractivity contribution is 0.394. The first-order valence-electron chi connectivity index (χ1n) is 6.91. The maximum absolute atomic E-state index is 5.52. The maximum atomic E-state index is 5.52. The molecule has 0 heterocycles. The lowest BCUT2D eigenvalue weighted by atomic mass is 9.97. The molecule has 0 amide bonds. The van der Waals surface area contributed by atoms with E-state index in [-0.39, 0.29) is 6.04 Å². The summed E-state index contributed by atoms with van der Waals surface area (Å²) < 4.78 is 11.9. The molecular formula is C17H20BrNO2. The number of benzene rings is 2. The van der Waals surface area contributed by atoms with Crippen molar-refractivity contribution in [2.24, 2.45) is 0 Å². The summed E-state index contributed by atoms with van der Waals surface area (Å²) in [5.41, 5.74) is 2.23. The normalized spacial score (nSPS) is 12.0. The van der Waals surface area contributed by atoms with Gasteiger partial charge in [-0.05, 0) is 36.4 Å². The van der Waals surface area contributed by atoms with E-state index in [2.05, 4.69) is 34.2 Å². The van der Waals surface area contributed by atoms with Gasteiger partial charge < -0.3 is 14.8 Å². The fraction of sp³-hybridized carbons (Fsp3) is 0.294. The summed E-state index contributed by atoms with van der Waals surface area (Å²) in [6.45, 7) is 2.95. The van der Waals surface area contributed by atoms with Crippen molar-refractivity contribution < 1.29 is 9.47 Å².